The first kappa shape index (κ1) is 21.8. The van der Waals surface area contributed by atoms with Crippen molar-refractivity contribution in [1.29, 1.82) is 0 Å². The van der Waals surface area contributed by atoms with Crippen LogP contribution in [0, 0.1) is 5.92 Å². The summed E-state index contributed by atoms with van der Waals surface area (Å²) in [5.74, 6) is 0.0458. The summed E-state index contributed by atoms with van der Waals surface area (Å²) in [6, 6.07) is 6.94. The van der Waals surface area contributed by atoms with Crippen molar-refractivity contribution < 1.29 is 32.5 Å². The third-order valence-electron chi connectivity index (χ3n) is 6.35. The van der Waals surface area contributed by atoms with Gasteiger partial charge in [0.15, 0.2) is 5.78 Å². The standard InChI is InChI=1S/C24H24F2N2O5/c1-30-19-8-15(9-20(33-23(25)26)22(19)18(29)7-14-3-4-14)17-11-27-21-10-16(5-6-28(17)21)24(31-2)12-32-13-24/h5-6,8-11,14,23H,3-4,7,12-13H2,1-2H3. The van der Waals surface area contributed by atoms with Gasteiger partial charge in [0, 0.05) is 25.3 Å². The number of pyridine rings is 1. The van der Waals surface area contributed by atoms with E-state index in [0.29, 0.717) is 42.5 Å². The van der Waals surface area contributed by atoms with Gasteiger partial charge in [-0.3, -0.25) is 9.20 Å². The molecule has 0 radical (unpaired) electrons. The van der Waals surface area contributed by atoms with Gasteiger partial charge in [-0.25, -0.2) is 4.98 Å². The maximum absolute atomic E-state index is 13.2. The van der Waals surface area contributed by atoms with E-state index < -0.39 is 12.2 Å². The van der Waals surface area contributed by atoms with Crippen molar-refractivity contribution in [1.82, 2.24) is 9.38 Å². The van der Waals surface area contributed by atoms with Gasteiger partial charge in [0.25, 0.3) is 0 Å². The van der Waals surface area contributed by atoms with Crippen molar-refractivity contribution in [2.24, 2.45) is 5.92 Å². The van der Waals surface area contributed by atoms with Crippen LogP contribution in [0.15, 0.2) is 36.7 Å². The second kappa shape index (κ2) is 8.39. The van der Waals surface area contributed by atoms with Crippen molar-refractivity contribution in [3.8, 4) is 22.8 Å². The van der Waals surface area contributed by atoms with Crippen molar-refractivity contribution in [3.63, 3.8) is 0 Å². The van der Waals surface area contributed by atoms with E-state index in [1.54, 1.807) is 19.4 Å². The van der Waals surface area contributed by atoms with Gasteiger partial charge in [-0.15, -0.1) is 0 Å². The molecule has 3 heterocycles. The Morgan fingerprint density at radius 1 is 1.24 bits per heavy atom. The van der Waals surface area contributed by atoms with E-state index >= 15 is 0 Å². The molecular formula is C24H24F2N2O5. The number of halogens is 2. The molecule has 1 saturated carbocycles. The molecular weight excluding hydrogens is 434 g/mol. The van der Waals surface area contributed by atoms with Crippen LogP contribution in [0.5, 0.6) is 11.5 Å². The molecule has 1 aliphatic heterocycles. The maximum atomic E-state index is 13.2. The molecule has 0 unspecified atom stereocenters. The number of ketones is 1. The monoisotopic (exact) mass is 458 g/mol. The lowest BCUT2D eigenvalue weighted by Gasteiger charge is -2.40. The largest absolute Gasteiger partial charge is 0.496 e. The fraction of sp³-hybridized carbons (Fsp3) is 0.417. The second-order valence-corrected chi connectivity index (χ2v) is 8.48. The first-order chi connectivity index (χ1) is 15.9. The minimum absolute atomic E-state index is 0.0524. The molecule has 0 amide bonds. The molecule has 33 heavy (non-hydrogen) atoms. The average molecular weight is 458 g/mol. The molecule has 2 aromatic heterocycles. The zero-order valence-electron chi connectivity index (χ0n) is 18.3. The predicted octanol–water partition coefficient (Wildman–Crippen LogP) is 4.47. The van der Waals surface area contributed by atoms with Gasteiger partial charge < -0.3 is 18.9 Å². The molecule has 3 aromatic rings. The first-order valence-corrected chi connectivity index (χ1v) is 10.7. The smallest absolute Gasteiger partial charge is 0.387 e. The molecule has 1 aromatic carbocycles. The van der Waals surface area contributed by atoms with E-state index in [1.165, 1.54) is 13.2 Å². The summed E-state index contributed by atoms with van der Waals surface area (Å²) in [5, 5.41) is 0. The summed E-state index contributed by atoms with van der Waals surface area (Å²) in [7, 11) is 3.05. The van der Waals surface area contributed by atoms with Crippen LogP contribution in [0.2, 0.25) is 0 Å². The third-order valence-corrected chi connectivity index (χ3v) is 6.35. The number of hydrogen-bond acceptors (Lipinski definition) is 6. The highest BCUT2D eigenvalue weighted by Crippen LogP contribution is 2.41. The number of carbonyl (C=O) groups excluding carboxylic acids is 1. The molecule has 5 rings (SSSR count). The molecule has 7 nitrogen and oxygen atoms in total. The van der Waals surface area contributed by atoms with Crippen LogP contribution in [0.4, 0.5) is 8.78 Å². The van der Waals surface area contributed by atoms with Gasteiger partial charge in [0.05, 0.1) is 32.2 Å². The molecule has 0 spiro atoms. The Bertz CT molecular complexity index is 1200. The fourth-order valence-corrected chi connectivity index (χ4v) is 4.22. The van der Waals surface area contributed by atoms with Crippen LogP contribution < -0.4 is 9.47 Å². The molecule has 1 aliphatic carbocycles. The number of aromatic nitrogens is 2. The summed E-state index contributed by atoms with van der Waals surface area (Å²) in [5.41, 5.74) is 2.36. The number of hydrogen-bond donors (Lipinski definition) is 0. The predicted molar refractivity (Wildman–Crippen MR) is 115 cm³/mol. The number of benzene rings is 1. The van der Waals surface area contributed by atoms with Gasteiger partial charge in [0.2, 0.25) is 0 Å². The topological polar surface area (TPSA) is 71.3 Å². The molecule has 9 heteroatoms. The summed E-state index contributed by atoms with van der Waals surface area (Å²) in [4.78, 5) is 17.3. The van der Waals surface area contributed by atoms with Crippen molar-refractivity contribution >= 4 is 11.4 Å². The number of nitrogens with zero attached hydrogens (tertiary/aromatic N) is 2. The number of methoxy groups -OCH3 is 2. The van der Waals surface area contributed by atoms with E-state index in [1.807, 2.05) is 22.7 Å². The first-order valence-electron chi connectivity index (χ1n) is 10.7. The van der Waals surface area contributed by atoms with Crippen molar-refractivity contribution in [2.75, 3.05) is 27.4 Å². The average Bonchev–Trinajstić information content (AvgIpc) is 3.47. The maximum Gasteiger partial charge on any atom is 0.387 e. The van der Waals surface area contributed by atoms with Crippen molar-refractivity contribution in [3.05, 3.63) is 47.8 Å². The van der Waals surface area contributed by atoms with Gasteiger partial charge in [-0.05, 0) is 48.6 Å². The number of alkyl halides is 2. The number of fused-ring (bicyclic) bond motifs is 1. The summed E-state index contributed by atoms with van der Waals surface area (Å²) >= 11 is 0. The zero-order chi connectivity index (χ0) is 23.2. The Labute approximate surface area is 189 Å². The zero-order valence-corrected chi connectivity index (χ0v) is 18.3. The second-order valence-electron chi connectivity index (χ2n) is 8.48. The van der Waals surface area contributed by atoms with Crippen LogP contribution in [0.1, 0.15) is 35.2 Å². The highest BCUT2D eigenvalue weighted by Gasteiger charge is 2.41. The highest BCUT2D eigenvalue weighted by atomic mass is 19.3. The number of carbonyl (C=O) groups is 1. The Kier molecular flexibility index (Phi) is 5.54. The lowest BCUT2D eigenvalue weighted by Crippen LogP contribution is -2.48. The van der Waals surface area contributed by atoms with Crippen LogP contribution in [0.3, 0.4) is 0 Å². The number of imidazole rings is 1. The highest BCUT2D eigenvalue weighted by molar-refractivity contribution is 6.02. The lowest BCUT2D eigenvalue weighted by atomic mass is 9.92. The van der Waals surface area contributed by atoms with Crippen LogP contribution in [-0.4, -0.2) is 49.2 Å². The molecule has 0 bridgehead atoms. The third kappa shape index (κ3) is 3.95. The van der Waals surface area contributed by atoms with Crippen molar-refractivity contribution in [2.45, 2.75) is 31.5 Å². The summed E-state index contributed by atoms with van der Waals surface area (Å²) in [6.45, 7) is -2.14. The normalized spacial score (nSPS) is 17.2. The molecule has 0 atom stereocenters. The van der Waals surface area contributed by atoms with E-state index in [0.717, 1.165) is 18.4 Å². The van der Waals surface area contributed by atoms with E-state index in [2.05, 4.69) is 4.98 Å². The SMILES string of the molecule is COc1cc(-c2cnc3cc(C4(OC)COC4)ccn23)cc(OC(F)F)c1C(=O)CC1CC1. The molecule has 0 N–H and O–H groups in total. The molecule has 2 fully saturated rings. The van der Waals surface area contributed by atoms with Crippen LogP contribution in [-0.2, 0) is 15.1 Å². The summed E-state index contributed by atoms with van der Waals surface area (Å²) < 4.78 is 49.5. The number of ether oxygens (including phenoxy) is 4. The van der Waals surface area contributed by atoms with Crippen LogP contribution >= 0.6 is 0 Å². The Morgan fingerprint density at radius 2 is 2.00 bits per heavy atom. The van der Waals surface area contributed by atoms with E-state index in [9.17, 15) is 13.6 Å². The Morgan fingerprint density at radius 3 is 2.61 bits per heavy atom. The number of Topliss-reactive ketones (excluding diaryl/α,β-unsaturated/α-hetero) is 1. The van der Waals surface area contributed by atoms with Gasteiger partial charge in [-0.1, -0.05) is 0 Å². The lowest BCUT2D eigenvalue weighted by molar-refractivity contribution is -0.202. The minimum Gasteiger partial charge on any atom is -0.496 e. The molecule has 2 aliphatic rings. The Balaban J connectivity index is 1.57. The van der Waals surface area contributed by atoms with E-state index in [-0.39, 0.29) is 22.8 Å². The minimum atomic E-state index is -3.07. The summed E-state index contributed by atoms with van der Waals surface area (Å²) in [6.07, 6.45) is 5.72. The van der Waals surface area contributed by atoms with Gasteiger partial charge in [0.1, 0.15) is 28.3 Å². The quantitative estimate of drug-likeness (QED) is 0.441. The van der Waals surface area contributed by atoms with Gasteiger partial charge >= 0.3 is 6.61 Å². The molecule has 1 saturated heterocycles. The van der Waals surface area contributed by atoms with E-state index in [4.69, 9.17) is 18.9 Å². The fourth-order valence-electron chi connectivity index (χ4n) is 4.22. The number of rotatable bonds is 9. The van der Waals surface area contributed by atoms with Gasteiger partial charge in [-0.2, -0.15) is 8.78 Å². The van der Waals surface area contributed by atoms with Crippen LogP contribution in [0.25, 0.3) is 16.9 Å². The molecule has 174 valence electrons. The Hall–Kier alpha value is -3.04.